The van der Waals surface area contributed by atoms with Crippen LogP contribution in [-0.4, -0.2) is 10.9 Å². The van der Waals surface area contributed by atoms with Gasteiger partial charge < -0.3 is 11.1 Å². The number of hydrogen-bond acceptors (Lipinski definition) is 3. The molecule has 1 heterocycles. The molecule has 0 aliphatic rings. The van der Waals surface area contributed by atoms with E-state index in [-0.39, 0.29) is 11.5 Å². The summed E-state index contributed by atoms with van der Waals surface area (Å²) >= 11 is 0. The molecule has 5 heteroatoms. The molecule has 0 saturated carbocycles. The van der Waals surface area contributed by atoms with E-state index in [1.807, 2.05) is 24.3 Å². The van der Waals surface area contributed by atoms with Crippen LogP contribution in [0.1, 0.15) is 21.5 Å². The van der Waals surface area contributed by atoms with Gasteiger partial charge in [0.1, 0.15) is 5.82 Å². The Bertz CT molecular complexity index is 586. The van der Waals surface area contributed by atoms with Crippen molar-refractivity contribution in [1.82, 2.24) is 10.3 Å². The van der Waals surface area contributed by atoms with E-state index < -0.39 is 5.82 Å². The fraction of sp³-hybridized carbons (Fsp3) is 0.143. The van der Waals surface area contributed by atoms with Crippen LogP contribution in [0.2, 0.25) is 0 Å². The summed E-state index contributed by atoms with van der Waals surface area (Å²) in [7, 11) is 0. The molecule has 1 aromatic heterocycles. The Morgan fingerprint density at radius 2 is 2.00 bits per heavy atom. The Hall–Kier alpha value is -2.27. The van der Waals surface area contributed by atoms with Crippen molar-refractivity contribution in [3.05, 3.63) is 65.2 Å². The average molecular weight is 259 g/mol. The molecule has 4 nitrogen and oxygen atoms in total. The second-order valence-electron chi connectivity index (χ2n) is 4.05. The molecular weight excluding hydrogens is 245 g/mol. The lowest BCUT2D eigenvalue weighted by molar-refractivity contribution is 0.0950. The van der Waals surface area contributed by atoms with Gasteiger partial charge in [-0.25, -0.2) is 4.39 Å². The topological polar surface area (TPSA) is 68.0 Å². The summed E-state index contributed by atoms with van der Waals surface area (Å²) in [6.07, 6.45) is 2.38. The van der Waals surface area contributed by atoms with Crippen molar-refractivity contribution in [3.63, 3.8) is 0 Å². The number of rotatable bonds is 4. The van der Waals surface area contributed by atoms with E-state index in [9.17, 15) is 9.18 Å². The third kappa shape index (κ3) is 3.35. The Morgan fingerprint density at radius 3 is 2.68 bits per heavy atom. The van der Waals surface area contributed by atoms with Gasteiger partial charge in [0, 0.05) is 19.3 Å². The molecule has 1 aromatic carbocycles. The number of halogens is 1. The van der Waals surface area contributed by atoms with Crippen LogP contribution in [0, 0.1) is 5.82 Å². The van der Waals surface area contributed by atoms with E-state index >= 15 is 0 Å². The van der Waals surface area contributed by atoms with E-state index in [1.165, 1.54) is 6.20 Å². The summed E-state index contributed by atoms with van der Waals surface area (Å²) in [5, 5.41) is 2.72. The van der Waals surface area contributed by atoms with Crippen molar-refractivity contribution in [2.45, 2.75) is 13.1 Å². The Morgan fingerprint density at radius 1 is 1.26 bits per heavy atom. The van der Waals surface area contributed by atoms with E-state index in [0.29, 0.717) is 13.1 Å². The highest BCUT2D eigenvalue weighted by atomic mass is 19.1. The van der Waals surface area contributed by atoms with Gasteiger partial charge in [-0.15, -0.1) is 0 Å². The predicted octanol–water partition coefficient (Wildman–Crippen LogP) is 1.61. The zero-order valence-corrected chi connectivity index (χ0v) is 10.3. The van der Waals surface area contributed by atoms with Gasteiger partial charge in [-0.3, -0.25) is 9.78 Å². The van der Waals surface area contributed by atoms with Crippen LogP contribution in [0.15, 0.2) is 42.7 Å². The minimum Gasteiger partial charge on any atom is -0.348 e. The van der Waals surface area contributed by atoms with E-state index in [0.717, 1.165) is 23.4 Å². The molecule has 2 aromatic rings. The lowest BCUT2D eigenvalue weighted by atomic mass is 10.1. The summed E-state index contributed by atoms with van der Waals surface area (Å²) in [6, 6.07) is 8.73. The van der Waals surface area contributed by atoms with Crippen LogP contribution in [-0.2, 0) is 13.1 Å². The van der Waals surface area contributed by atoms with Crippen molar-refractivity contribution < 1.29 is 9.18 Å². The Labute approximate surface area is 110 Å². The van der Waals surface area contributed by atoms with Crippen molar-refractivity contribution >= 4 is 5.91 Å². The number of carbonyl (C=O) groups is 1. The second-order valence-corrected chi connectivity index (χ2v) is 4.05. The first-order valence-electron chi connectivity index (χ1n) is 5.86. The van der Waals surface area contributed by atoms with Gasteiger partial charge in [0.2, 0.25) is 0 Å². The highest BCUT2D eigenvalue weighted by Crippen LogP contribution is 2.08. The minimum absolute atomic E-state index is 0.199. The van der Waals surface area contributed by atoms with Crippen molar-refractivity contribution in [1.29, 1.82) is 0 Å². The first-order valence-corrected chi connectivity index (χ1v) is 5.86. The number of carbonyl (C=O) groups excluding carboxylic acids is 1. The maximum Gasteiger partial charge on any atom is 0.253 e. The third-order valence-corrected chi connectivity index (χ3v) is 2.74. The van der Waals surface area contributed by atoms with E-state index in [1.54, 1.807) is 0 Å². The number of amides is 1. The minimum atomic E-state index is -0.532. The van der Waals surface area contributed by atoms with Crippen molar-refractivity contribution in [2.75, 3.05) is 0 Å². The third-order valence-electron chi connectivity index (χ3n) is 2.74. The van der Waals surface area contributed by atoms with E-state index in [4.69, 9.17) is 5.73 Å². The largest absolute Gasteiger partial charge is 0.348 e. The van der Waals surface area contributed by atoms with Gasteiger partial charge in [-0.2, -0.15) is 0 Å². The number of benzene rings is 1. The molecule has 2 rings (SSSR count). The Kier molecular flexibility index (Phi) is 4.20. The number of nitrogens with one attached hydrogen (secondary N) is 1. The highest BCUT2D eigenvalue weighted by Gasteiger charge is 2.07. The normalized spacial score (nSPS) is 10.2. The van der Waals surface area contributed by atoms with Gasteiger partial charge in [-0.05, 0) is 17.2 Å². The molecule has 0 atom stereocenters. The van der Waals surface area contributed by atoms with Gasteiger partial charge in [0.15, 0.2) is 0 Å². The zero-order valence-electron chi connectivity index (χ0n) is 10.3. The quantitative estimate of drug-likeness (QED) is 0.876. The predicted molar refractivity (Wildman–Crippen MR) is 69.7 cm³/mol. The van der Waals surface area contributed by atoms with Crippen LogP contribution < -0.4 is 11.1 Å². The molecule has 0 fully saturated rings. The summed E-state index contributed by atoms with van der Waals surface area (Å²) in [5.74, 6) is -0.895. The van der Waals surface area contributed by atoms with Gasteiger partial charge >= 0.3 is 0 Å². The van der Waals surface area contributed by atoms with Crippen LogP contribution in [0.4, 0.5) is 4.39 Å². The fourth-order valence-electron chi connectivity index (χ4n) is 1.74. The van der Waals surface area contributed by atoms with Crippen LogP contribution >= 0.6 is 0 Å². The number of nitrogens with two attached hydrogens (primary N) is 1. The van der Waals surface area contributed by atoms with Gasteiger partial charge in [0.05, 0.1) is 11.8 Å². The standard InChI is InChI=1S/C14H14FN3O/c15-13-5-12(7-17-9-13)14(19)18-8-11-4-2-1-3-10(11)6-16/h1-5,7,9H,6,8,16H2,(H,18,19). The lowest BCUT2D eigenvalue weighted by Gasteiger charge is -2.09. The molecule has 0 spiro atoms. The van der Waals surface area contributed by atoms with Crippen molar-refractivity contribution in [3.8, 4) is 0 Å². The molecule has 0 unspecified atom stereocenters. The van der Waals surface area contributed by atoms with Gasteiger partial charge in [0.25, 0.3) is 5.91 Å². The summed E-state index contributed by atoms with van der Waals surface area (Å²) in [4.78, 5) is 15.5. The second kappa shape index (κ2) is 6.06. The summed E-state index contributed by atoms with van der Waals surface area (Å²) in [6.45, 7) is 0.760. The molecular formula is C14H14FN3O. The first kappa shape index (κ1) is 13.2. The SMILES string of the molecule is NCc1ccccc1CNC(=O)c1cncc(F)c1. The highest BCUT2D eigenvalue weighted by molar-refractivity contribution is 5.93. The Balaban J connectivity index is 2.04. The molecule has 3 N–H and O–H groups in total. The fourth-order valence-corrected chi connectivity index (χ4v) is 1.74. The number of hydrogen-bond donors (Lipinski definition) is 2. The van der Waals surface area contributed by atoms with Gasteiger partial charge in [-0.1, -0.05) is 24.3 Å². The van der Waals surface area contributed by atoms with Crippen molar-refractivity contribution in [2.24, 2.45) is 5.73 Å². The maximum atomic E-state index is 13.0. The summed E-state index contributed by atoms with van der Waals surface area (Å²) < 4.78 is 13.0. The summed E-state index contributed by atoms with van der Waals surface area (Å²) in [5.41, 5.74) is 7.73. The van der Waals surface area contributed by atoms with Crippen LogP contribution in [0.3, 0.4) is 0 Å². The molecule has 0 radical (unpaired) electrons. The molecule has 98 valence electrons. The number of nitrogens with zero attached hydrogens (tertiary/aromatic N) is 1. The zero-order chi connectivity index (χ0) is 13.7. The van der Waals surface area contributed by atoms with Crippen LogP contribution in [0.25, 0.3) is 0 Å². The molecule has 0 aliphatic carbocycles. The molecule has 1 amide bonds. The molecule has 0 saturated heterocycles. The first-order chi connectivity index (χ1) is 9.20. The number of pyridine rings is 1. The smallest absolute Gasteiger partial charge is 0.253 e. The van der Waals surface area contributed by atoms with E-state index in [2.05, 4.69) is 10.3 Å². The monoisotopic (exact) mass is 259 g/mol. The molecule has 19 heavy (non-hydrogen) atoms. The molecule has 0 bridgehead atoms. The lowest BCUT2D eigenvalue weighted by Crippen LogP contribution is -2.24. The average Bonchev–Trinajstić information content (AvgIpc) is 2.45. The maximum absolute atomic E-state index is 13.0. The number of aromatic nitrogens is 1. The molecule has 0 aliphatic heterocycles. The van der Waals surface area contributed by atoms with Crippen LogP contribution in [0.5, 0.6) is 0 Å².